The lowest BCUT2D eigenvalue weighted by atomic mass is 9.99. The van der Waals surface area contributed by atoms with Crippen LogP contribution in [0.15, 0.2) is 18.5 Å². The molecular weight excluding hydrogens is 456 g/mol. The lowest BCUT2D eigenvalue weighted by Gasteiger charge is -2.35. The first-order chi connectivity index (χ1) is 16.3. The Balaban J connectivity index is 1.38. The number of aromatic nitrogens is 2. The van der Waals surface area contributed by atoms with Crippen molar-refractivity contribution in [1.29, 1.82) is 0 Å². The van der Waals surface area contributed by atoms with Gasteiger partial charge in [-0.3, -0.25) is 9.58 Å². The van der Waals surface area contributed by atoms with Crippen molar-refractivity contribution < 1.29 is 17.9 Å². The highest BCUT2D eigenvalue weighted by atomic mass is 32.2. The molecule has 34 heavy (non-hydrogen) atoms. The number of nitrogens with zero attached hydrogens (tertiary/aromatic N) is 4. The Hall–Kier alpha value is -2.63. The molecule has 1 atom stereocenters. The number of carbonyl (C=O) groups excluding carboxylic acids is 1. The van der Waals surface area contributed by atoms with Gasteiger partial charge in [0.2, 0.25) is 0 Å². The van der Waals surface area contributed by atoms with Gasteiger partial charge in [-0.15, -0.1) is 0 Å². The summed E-state index contributed by atoms with van der Waals surface area (Å²) in [7, 11) is -0.531. The number of urea groups is 1. The van der Waals surface area contributed by atoms with Crippen LogP contribution in [0.1, 0.15) is 35.1 Å². The minimum absolute atomic E-state index is 0.140. The first-order valence-corrected chi connectivity index (χ1v) is 13.3. The van der Waals surface area contributed by atoms with Crippen LogP contribution in [0.4, 0.5) is 16.2 Å². The predicted molar refractivity (Wildman–Crippen MR) is 129 cm³/mol. The molecule has 1 aromatic carbocycles. The maximum absolute atomic E-state index is 13.4. The Morgan fingerprint density at radius 2 is 1.88 bits per heavy atom. The van der Waals surface area contributed by atoms with Crippen molar-refractivity contribution in [3.8, 4) is 0 Å². The van der Waals surface area contributed by atoms with Crippen LogP contribution >= 0.6 is 0 Å². The Morgan fingerprint density at radius 1 is 1.18 bits per heavy atom. The van der Waals surface area contributed by atoms with Crippen LogP contribution in [0.2, 0.25) is 0 Å². The van der Waals surface area contributed by atoms with Crippen LogP contribution in [0.3, 0.4) is 0 Å². The Labute approximate surface area is 200 Å². The molecule has 0 spiro atoms. The summed E-state index contributed by atoms with van der Waals surface area (Å²) in [5, 5.41) is 7.04. The molecule has 11 heteroatoms. The molecule has 1 aromatic heterocycles. The van der Waals surface area contributed by atoms with E-state index in [-0.39, 0.29) is 12.6 Å². The number of ether oxygens (including phenoxy) is 1. The van der Waals surface area contributed by atoms with E-state index in [1.54, 1.807) is 13.2 Å². The van der Waals surface area contributed by atoms with Gasteiger partial charge in [-0.05, 0) is 67.8 Å². The van der Waals surface area contributed by atoms with Gasteiger partial charge in [0.25, 0.3) is 0 Å². The number of rotatable bonds is 6. The zero-order valence-electron chi connectivity index (χ0n) is 19.7. The molecule has 184 valence electrons. The van der Waals surface area contributed by atoms with Gasteiger partial charge < -0.3 is 10.1 Å². The van der Waals surface area contributed by atoms with Gasteiger partial charge in [-0.25, -0.2) is 13.8 Å². The first-order valence-electron chi connectivity index (χ1n) is 11.9. The van der Waals surface area contributed by atoms with Crippen LogP contribution in [0.5, 0.6) is 0 Å². The number of fused-ring (bicyclic) bond motifs is 2. The lowest BCUT2D eigenvalue weighted by Crippen LogP contribution is -2.54. The number of morpholine rings is 1. The first kappa shape index (κ1) is 23.1. The summed E-state index contributed by atoms with van der Waals surface area (Å²) in [6.07, 6.45) is 9.03. The number of benzene rings is 1. The standard InChI is InChI=1S/C23H32N6O4S/c1-27-9-10-33-15-19(27)14-29(18-12-24-28(2)13-18)34(31,32)26-23(30)25-22-20-7-3-5-16(20)11-17-6-4-8-21(17)22/h11-13,19H,3-10,14-15H2,1-2H3,(H2,25,26,30). The van der Waals surface area contributed by atoms with Gasteiger partial charge >= 0.3 is 16.2 Å². The maximum atomic E-state index is 13.4. The van der Waals surface area contributed by atoms with E-state index in [0.717, 1.165) is 55.3 Å². The summed E-state index contributed by atoms with van der Waals surface area (Å²) >= 11 is 0. The third-order valence-corrected chi connectivity index (χ3v) is 8.48. The molecular formula is C23H32N6O4S. The molecule has 2 heterocycles. The molecule has 2 aliphatic carbocycles. The average Bonchev–Trinajstić information content (AvgIpc) is 3.53. The van der Waals surface area contributed by atoms with Crippen molar-refractivity contribution in [2.24, 2.45) is 7.05 Å². The molecule has 1 unspecified atom stereocenters. The molecule has 0 bridgehead atoms. The highest BCUT2D eigenvalue weighted by Gasteiger charge is 2.32. The van der Waals surface area contributed by atoms with E-state index in [9.17, 15) is 13.2 Å². The number of aryl methyl sites for hydroxylation is 3. The van der Waals surface area contributed by atoms with E-state index in [4.69, 9.17) is 4.74 Å². The van der Waals surface area contributed by atoms with E-state index in [1.165, 1.54) is 26.3 Å². The SMILES string of the molecule is CN1CCOCC1CN(c1cnn(C)c1)S(=O)(=O)NC(=O)Nc1c2c(cc3c1CCC3)CCC2. The molecule has 3 aliphatic rings. The largest absolute Gasteiger partial charge is 0.378 e. The molecule has 1 aliphatic heterocycles. The number of amides is 2. The number of carbonyl (C=O) groups is 1. The fourth-order valence-corrected chi connectivity index (χ4v) is 6.41. The van der Waals surface area contributed by atoms with Crippen molar-refractivity contribution in [3.63, 3.8) is 0 Å². The van der Waals surface area contributed by atoms with E-state index in [1.807, 2.05) is 7.05 Å². The Kier molecular flexibility index (Phi) is 6.26. The fourth-order valence-electron chi connectivity index (χ4n) is 5.28. The van der Waals surface area contributed by atoms with Crippen molar-refractivity contribution in [3.05, 3.63) is 40.7 Å². The van der Waals surface area contributed by atoms with Gasteiger partial charge in [0.1, 0.15) is 0 Å². The van der Waals surface area contributed by atoms with Gasteiger partial charge in [0.15, 0.2) is 0 Å². The Bertz CT molecular complexity index is 1160. The van der Waals surface area contributed by atoms with Crippen molar-refractivity contribution in [2.45, 2.75) is 44.6 Å². The molecule has 2 N–H and O–H groups in total. The third kappa shape index (κ3) is 4.51. The minimum Gasteiger partial charge on any atom is -0.378 e. The summed E-state index contributed by atoms with van der Waals surface area (Å²) in [4.78, 5) is 15.1. The molecule has 10 nitrogen and oxygen atoms in total. The summed E-state index contributed by atoms with van der Waals surface area (Å²) < 4.78 is 37.5. The number of hydrogen-bond donors (Lipinski definition) is 2. The number of nitrogens with one attached hydrogen (secondary N) is 2. The second-order valence-corrected chi connectivity index (χ2v) is 11.0. The van der Waals surface area contributed by atoms with Crippen LogP contribution in [-0.2, 0) is 47.7 Å². The quantitative estimate of drug-likeness (QED) is 0.640. The predicted octanol–water partition coefficient (Wildman–Crippen LogP) is 1.60. The van der Waals surface area contributed by atoms with Gasteiger partial charge in [0.05, 0.1) is 37.7 Å². The zero-order valence-corrected chi connectivity index (χ0v) is 20.5. The van der Waals surface area contributed by atoms with Crippen molar-refractivity contribution >= 4 is 27.6 Å². The molecule has 2 amide bonds. The monoisotopic (exact) mass is 488 g/mol. The molecule has 0 saturated carbocycles. The second kappa shape index (κ2) is 9.20. The van der Waals surface area contributed by atoms with Gasteiger partial charge in [0, 0.05) is 25.5 Å². The van der Waals surface area contributed by atoms with E-state index in [0.29, 0.717) is 25.4 Å². The highest BCUT2D eigenvalue weighted by Crippen LogP contribution is 2.38. The highest BCUT2D eigenvalue weighted by molar-refractivity contribution is 7.91. The van der Waals surface area contributed by atoms with Crippen LogP contribution < -0.4 is 14.3 Å². The number of hydrogen-bond acceptors (Lipinski definition) is 6. The lowest BCUT2D eigenvalue weighted by molar-refractivity contribution is 0.00986. The smallest absolute Gasteiger partial charge is 0.334 e. The van der Waals surface area contributed by atoms with Gasteiger partial charge in [-0.2, -0.15) is 13.5 Å². The Morgan fingerprint density at radius 3 is 2.50 bits per heavy atom. The minimum atomic E-state index is -4.20. The molecule has 2 aromatic rings. The topological polar surface area (TPSA) is 109 Å². The van der Waals surface area contributed by atoms with E-state index < -0.39 is 16.2 Å². The summed E-state index contributed by atoms with van der Waals surface area (Å²) in [5.74, 6) is 0. The molecule has 1 saturated heterocycles. The van der Waals surface area contributed by atoms with E-state index >= 15 is 0 Å². The summed E-state index contributed by atoms with van der Waals surface area (Å²) in [5.41, 5.74) is 6.05. The fraction of sp³-hybridized carbons (Fsp3) is 0.565. The maximum Gasteiger partial charge on any atom is 0.334 e. The molecule has 0 radical (unpaired) electrons. The number of likely N-dealkylation sites (N-methyl/N-ethyl adjacent to an activating group) is 1. The third-order valence-electron chi connectivity index (χ3n) is 7.10. The average molecular weight is 489 g/mol. The van der Waals surface area contributed by atoms with E-state index in [2.05, 4.69) is 26.1 Å². The van der Waals surface area contributed by atoms with Crippen molar-refractivity contribution in [2.75, 3.05) is 43.0 Å². The van der Waals surface area contributed by atoms with Crippen molar-refractivity contribution in [1.82, 2.24) is 19.4 Å². The van der Waals surface area contributed by atoms with Crippen LogP contribution in [-0.4, -0.2) is 68.5 Å². The zero-order chi connectivity index (χ0) is 23.9. The molecule has 1 fully saturated rings. The second-order valence-electron chi connectivity index (χ2n) is 9.41. The summed E-state index contributed by atoms with van der Waals surface area (Å²) in [6.45, 7) is 1.88. The summed E-state index contributed by atoms with van der Waals surface area (Å²) in [6, 6.07) is 1.39. The van der Waals surface area contributed by atoms with Crippen LogP contribution in [0.25, 0.3) is 0 Å². The normalized spacial score (nSPS) is 20.1. The van der Waals surface area contributed by atoms with Crippen LogP contribution in [0, 0.1) is 0 Å². The molecule has 5 rings (SSSR count). The number of anilines is 2. The van der Waals surface area contributed by atoms with Gasteiger partial charge in [-0.1, -0.05) is 6.07 Å².